The summed E-state index contributed by atoms with van der Waals surface area (Å²) in [5, 5.41) is 9.63. The van der Waals surface area contributed by atoms with Crippen molar-refractivity contribution in [1.29, 1.82) is 0 Å². The Morgan fingerprint density at radius 2 is 2.12 bits per heavy atom. The molecule has 6 nitrogen and oxygen atoms in total. The molecule has 7 heteroatoms. The quantitative estimate of drug-likeness (QED) is 0.721. The zero-order chi connectivity index (χ0) is 16.7. The molecule has 24 heavy (non-hydrogen) atoms. The maximum Gasteiger partial charge on any atom is 0.233 e. The summed E-state index contributed by atoms with van der Waals surface area (Å²) in [7, 11) is 1.81. The third kappa shape index (κ3) is 3.36. The monoisotopic (exact) mass is 346 g/mol. The number of thioether (sulfide) groups is 1. The Labute approximate surface area is 145 Å². The summed E-state index contributed by atoms with van der Waals surface area (Å²) in [5.41, 5.74) is 0. The first-order chi connectivity index (χ1) is 11.6. The van der Waals surface area contributed by atoms with Crippen LogP contribution in [0.1, 0.15) is 55.0 Å². The van der Waals surface area contributed by atoms with E-state index in [9.17, 15) is 4.79 Å². The molecular weight excluding hydrogens is 324 g/mol. The van der Waals surface area contributed by atoms with Crippen LogP contribution in [0, 0.1) is 6.92 Å². The third-order valence-corrected chi connectivity index (χ3v) is 5.41. The summed E-state index contributed by atoms with van der Waals surface area (Å²) >= 11 is 1.50. The molecule has 2 aromatic rings. The molecule has 0 saturated heterocycles. The molecule has 1 amide bonds. The van der Waals surface area contributed by atoms with Crippen molar-refractivity contribution in [3.8, 4) is 0 Å². The fourth-order valence-electron chi connectivity index (χ4n) is 2.81. The first-order valence-electron chi connectivity index (χ1n) is 8.48. The van der Waals surface area contributed by atoms with Gasteiger partial charge in [-0.3, -0.25) is 4.79 Å². The lowest BCUT2D eigenvalue weighted by Crippen LogP contribution is -2.27. The van der Waals surface area contributed by atoms with Gasteiger partial charge in [-0.25, -0.2) is 0 Å². The standard InChI is InChI=1S/C17H22N4O2S/c1-11-3-8-14(23-11)9-20(2)15(22)10-24-17-19-18-16(12-4-5-12)21(17)13-6-7-13/h3,8,12-13H,4-7,9-10H2,1-2H3. The van der Waals surface area contributed by atoms with Gasteiger partial charge in [0.05, 0.1) is 12.3 Å². The second kappa shape index (κ2) is 6.27. The molecule has 0 aromatic carbocycles. The Kier molecular flexibility index (Phi) is 4.12. The van der Waals surface area contributed by atoms with Crippen LogP contribution in [0.4, 0.5) is 0 Å². The number of rotatable bonds is 7. The minimum atomic E-state index is 0.0763. The topological polar surface area (TPSA) is 64.2 Å². The van der Waals surface area contributed by atoms with Crippen molar-refractivity contribution in [3.63, 3.8) is 0 Å². The molecule has 0 radical (unpaired) electrons. The zero-order valence-corrected chi connectivity index (χ0v) is 14.9. The van der Waals surface area contributed by atoms with E-state index in [1.165, 1.54) is 37.4 Å². The number of carbonyl (C=O) groups excluding carboxylic acids is 1. The van der Waals surface area contributed by atoms with Gasteiger partial charge >= 0.3 is 0 Å². The summed E-state index contributed by atoms with van der Waals surface area (Å²) < 4.78 is 7.82. The van der Waals surface area contributed by atoms with Gasteiger partial charge in [0.25, 0.3) is 0 Å². The average Bonchev–Trinajstić information content (AvgIpc) is 3.49. The van der Waals surface area contributed by atoms with E-state index in [0.29, 0.717) is 24.3 Å². The van der Waals surface area contributed by atoms with E-state index in [-0.39, 0.29) is 5.91 Å². The lowest BCUT2D eigenvalue weighted by molar-refractivity contribution is -0.127. The maximum atomic E-state index is 12.4. The summed E-state index contributed by atoms with van der Waals surface area (Å²) in [6.07, 6.45) is 4.85. The van der Waals surface area contributed by atoms with E-state index in [2.05, 4.69) is 14.8 Å². The molecule has 4 rings (SSSR count). The molecule has 2 heterocycles. The molecule has 0 bridgehead atoms. The predicted molar refractivity (Wildman–Crippen MR) is 90.9 cm³/mol. The molecule has 0 spiro atoms. The zero-order valence-electron chi connectivity index (χ0n) is 14.1. The van der Waals surface area contributed by atoms with Crippen LogP contribution in [-0.4, -0.2) is 38.4 Å². The van der Waals surface area contributed by atoms with Crippen molar-refractivity contribution in [1.82, 2.24) is 19.7 Å². The summed E-state index contributed by atoms with van der Waals surface area (Å²) in [5.74, 6) is 3.86. The van der Waals surface area contributed by atoms with Crippen LogP contribution in [0.3, 0.4) is 0 Å². The van der Waals surface area contributed by atoms with E-state index in [1.54, 1.807) is 4.90 Å². The Morgan fingerprint density at radius 1 is 1.33 bits per heavy atom. The van der Waals surface area contributed by atoms with Crippen molar-refractivity contribution in [2.75, 3.05) is 12.8 Å². The summed E-state index contributed by atoms with van der Waals surface area (Å²) in [6.45, 7) is 2.40. The molecule has 0 N–H and O–H groups in total. The highest BCUT2D eigenvalue weighted by Gasteiger charge is 2.36. The number of aromatic nitrogens is 3. The fraction of sp³-hybridized carbons (Fsp3) is 0.588. The second-order valence-corrected chi connectivity index (χ2v) is 7.71. The van der Waals surface area contributed by atoms with Crippen LogP contribution in [0.2, 0.25) is 0 Å². The minimum Gasteiger partial charge on any atom is -0.464 e. The molecule has 0 atom stereocenters. The highest BCUT2D eigenvalue weighted by atomic mass is 32.2. The van der Waals surface area contributed by atoms with Gasteiger partial charge in [0.2, 0.25) is 5.91 Å². The van der Waals surface area contributed by atoms with Crippen LogP contribution >= 0.6 is 11.8 Å². The molecule has 2 aromatic heterocycles. The number of amides is 1. The largest absolute Gasteiger partial charge is 0.464 e. The van der Waals surface area contributed by atoms with Crippen LogP contribution in [0.25, 0.3) is 0 Å². The molecule has 0 aliphatic heterocycles. The number of hydrogen-bond acceptors (Lipinski definition) is 5. The molecular formula is C17H22N4O2S. The number of nitrogens with zero attached hydrogens (tertiary/aromatic N) is 4. The molecule has 2 fully saturated rings. The Morgan fingerprint density at radius 3 is 2.75 bits per heavy atom. The van der Waals surface area contributed by atoms with E-state index < -0.39 is 0 Å². The Balaban J connectivity index is 1.37. The smallest absolute Gasteiger partial charge is 0.233 e. The van der Waals surface area contributed by atoms with Gasteiger partial charge in [-0.1, -0.05) is 11.8 Å². The molecule has 2 aliphatic rings. The maximum absolute atomic E-state index is 12.4. The van der Waals surface area contributed by atoms with Crippen LogP contribution in [-0.2, 0) is 11.3 Å². The first kappa shape index (κ1) is 15.7. The first-order valence-corrected chi connectivity index (χ1v) is 9.47. The second-order valence-electron chi connectivity index (χ2n) is 6.77. The van der Waals surface area contributed by atoms with Gasteiger partial charge in [-0.05, 0) is 44.7 Å². The normalized spacial score (nSPS) is 17.2. The van der Waals surface area contributed by atoms with E-state index in [1.807, 2.05) is 26.1 Å². The van der Waals surface area contributed by atoms with E-state index in [4.69, 9.17) is 4.42 Å². The van der Waals surface area contributed by atoms with Crippen molar-refractivity contribution >= 4 is 17.7 Å². The lowest BCUT2D eigenvalue weighted by Gasteiger charge is -2.15. The number of carbonyl (C=O) groups is 1. The van der Waals surface area contributed by atoms with E-state index in [0.717, 1.165) is 22.5 Å². The van der Waals surface area contributed by atoms with Gasteiger partial charge in [0, 0.05) is 19.0 Å². The Bertz CT molecular complexity index is 746. The fourth-order valence-corrected chi connectivity index (χ4v) is 3.76. The molecule has 2 saturated carbocycles. The van der Waals surface area contributed by atoms with Gasteiger partial charge in [0.1, 0.15) is 17.3 Å². The summed E-state index contributed by atoms with van der Waals surface area (Å²) in [6, 6.07) is 4.38. The molecule has 2 aliphatic carbocycles. The third-order valence-electron chi connectivity index (χ3n) is 4.48. The molecule has 128 valence electrons. The van der Waals surface area contributed by atoms with Gasteiger partial charge in [0.15, 0.2) is 5.16 Å². The van der Waals surface area contributed by atoms with Crippen molar-refractivity contribution in [2.24, 2.45) is 0 Å². The lowest BCUT2D eigenvalue weighted by atomic mass is 10.4. The van der Waals surface area contributed by atoms with Crippen molar-refractivity contribution < 1.29 is 9.21 Å². The Hall–Kier alpha value is -1.76. The predicted octanol–water partition coefficient (Wildman–Crippen LogP) is 3.14. The van der Waals surface area contributed by atoms with E-state index >= 15 is 0 Å². The van der Waals surface area contributed by atoms with Crippen molar-refractivity contribution in [3.05, 3.63) is 29.5 Å². The van der Waals surface area contributed by atoms with Gasteiger partial charge < -0.3 is 13.9 Å². The van der Waals surface area contributed by atoms with Crippen LogP contribution in [0.5, 0.6) is 0 Å². The summed E-state index contributed by atoms with van der Waals surface area (Å²) in [4.78, 5) is 14.1. The number of aryl methyl sites for hydroxylation is 1. The SMILES string of the molecule is Cc1ccc(CN(C)C(=O)CSc2nnc(C3CC3)n2C2CC2)o1. The van der Waals surface area contributed by atoms with Gasteiger partial charge in [-0.15, -0.1) is 10.2 Å². The highest BCUT2D eigenvalue weighted by Crippen LogP contribution is 2.45. The van der Waals surface area contributed by atoms with Gasteiger partial charge in [-0.2, -0.15) is 0 Å². The number of furan rings is 1. The number of hydrogen-bond donors (Lipinski definition) is 0. The minimum absolute atomic E-state index is 0.0763. The molecule has 0 unspecified atom stereocenters. The van der Waals surface area contributed by atoms with Crippen LogP contribution < -0.4 is 0 Å². The van der Waals surface area contributed by atoms with Crippen LogP contribution in [0.15, 0.2) is 21.7 Å². The van der Waals surface area contributed by atoms with Crippen molar-refractivity contribution in [2.45, 2.75) is 56.3 Å². The average molecular weight is 346 g/mol. The highest BCUT2D eigenvalue weighted by molar-refractivity contribution is 7.99.